The van der Waals surface area contributed by atoms with Crippen molar-refractivity contribution in [1.82, 2.24) is 14.5 Å². The first kappa shape index (κ1) is 18.9. The van der Waals surface area contributed by atoms with E-state index in [1.54, 1.807) is 11.6 Å². The van der Waals surface area contributed by atoms with Gasteiger partial charge < -0.3 is 10.1 Å². The SMILES string of the molecule is CCC1Oc2ccc(S(=O)(=O)NC(=O)c3cn(CC)nc3C)cc2NC1=O. The maximum absolute atomic E-state index is 12.6. The Morgan fingerprint density at radius 3 is 2.74 bits per heavy atom. The molecule has 0 bridgehead atoms. The van der Waals surface area contributed by atoms with Crippen molar-refractivity contribution in [2.75, 3.05) is 5.32 Å². The van der Waals surface area contributed by atoms with Crippen LogP contribution in [0, 0.1) is 6.92 Å². The van der Waals surface area contributed by atoms with Crippen molar-refractivity contribution < 1.29 is 22.7 Å². The van der Waals surface area contributed by atoms with E-state index in [0.29, 0.717) is 24.4 Å². The molecule has 0 spiro atoms. The minimum atomic E-state index is -4.14. The number of aryl methyl sites for hydroxylation is 2. The van der Waals surface area contributed by atoms with E-state index in [1.165, 1.54) is 24.4 Å². The molecule has 1 aliphatic rings. The zero-order valence-corrected chi connectivity index (χ0v) is 16.0. The van der Waals surface area contributed by atoms with Crippen molar-refractivity contribution in [3.05, 3.63) is 35.7 Å². The molecule has 10 heteroatoms. The highest BCUT2D eigenvalue weighted by molar-refractivity contribution is 7.90. The Morgan fingerprint density at radius 2 is 2.11 bits per heavy atom. The Balaban J connectivity index is 1.85. The first-order valence-electron chi connectivity index (χ1n) is 8.48. The van der Waals surface area contributed by atoms with E-state index in [4.69, 9.17) is 4.74 Å². The van der Waals surface area contributed by atoms with Crippen LogP contribution in [0.25, 0.3) is 0 Å². The fourth-order valence-electron chi connectivity index (χ4n) is 2.70. The monoisotopic (exact) mass is 392 g/mol. The van der Waals surface area contributed by atoms with Gasteiger partial charge in [0.15, 0.2) is 6.10 Å². The van der Waals surface area contributed by atoms with Gasteiger partial charge in [-0.15, -0.1) is 0 Å². The van der Waals surface area contributed by atoms with Gasteiger partial charge in [-0.3, -0.25) is 14.3 Å². The summed E-state index contributed by atoms with van der Waals surface area (Å²) < 4.78 is 34.3. The van der Waals surface area contributed by atoms with Crippen LogP contribution >= 0.6 is 0 Å². The molecular formula is C17H20N4O5S. The Bertz CT molecular complexity index is 1010. The number of ether oxygens (including phenoxy) is 1. The second kappa shape index (κ2) is 7.03. The molecule has 2 N–H and O–H groups in total. The summed E-state index contributed by atoms with van der Waals surface area (Å²) in [4.78, 5) is 24.1. The Hall–Kier alpha value is -2.88. The first-order valence-corrected chi connectivity index (χ1v) is 9.96. The number of sulfonamides is 1. The van der Waals surface area contributed by atoms with Gasteiger partial charge in [-0.2, -0.15) is 5.10 Å². The third kappa shape index (κ3) is 3.65. The van der Waals surface area contributed by atoms with Gasteiger partial charge in [-0.1, -0.05) is 6.92 Å². The smallest absolute Gasteiger partial charge is 0.268 e. The van der Waals surface area contributed by atoms with Crippen LogP contribution in [0.15, 0.2) is 29.3 Å². The largest absolute Gasteiger partial charge is 0.478 e. The molecule has 2 aromatic rings. The molecule has 1 aliphatic heterocycles. The standard InChI is InChI=1S/C17H20N4O5S/c1-4-14-17(23)18-13-8-11(6-7-15(13)26-14)27(24,25)20-16(22)12-9-21(5-2)19-10(12)3/h6-9,14H,4-5H2,1-3H3,(H,18,23)(H,20,22). The van der Waals surface area contributed by atoms with Crippen molar-refractivity contribution in [3.63, 3.8) is 0 Å². The molecule has 0 aliphatic carbocycles. The van der Waals surface area contributed by atoms with Gasteiger partial charge in [-0.05, 0) is 38.5 Å². The van der Waals surface area contributed by atoms with Crippen LogP contribution in [0.3, 0.4) is 0 Å². The fraction of sp³-hybridized carbons (Fsp3) is 0.353. The number of nitrogens with one attached hydrogen (secondary N) is 2. The molecule has 2 heterocycles. The van der Waals surface area contributed by atoms with E-state index in [9.17, 15) is 18.0 Å². The van der Waals surface area contributed by atoms with Crippen molar-refractivity contribution >= 4 is 27.5 Å². The molecule has 0 saturated heterocycles. The normalized spacial score (nSPS) is 16.3. The van der Waals surface area contributed by atoms with Crippen LogP contribution in [0.1, 0.15) is 36.3 Å². The number of carbonyl (C=O) groups excluding carboxylic acids is 2. The molecule has 0 radical (unpaired) electrons. The van der Waals surface area contributed by atoms with Crippen molar-refractivity contribution in [2.24, 2.45) is 0 Å². The van der Waals surface area contributed by atoms with E-state index in [1.807, 2.05) is 18.6 Å². The number of benzene rings is 1. The van der Waals surface area contributed by atoms with Gasteiger partial charge in [0.25, 0.3) is 21.8 Å². The van der Waals surface area contributed by atoms with Crippen molar-refractivity contribution in [2.45, 2.75) is 44.7 Å². The second-order valence-corrected chi connectivity index (χ2v) is 7.76. The maximum Gasteiger partial charge on any atom is 0.268 e. The summed E-state index contributed by atoms with van der Waals surface area (Å²) in [5.41, 5.74) is 0.858. The van der Waals surface area contributed by atoms with Gasteiger partial charge in [-0.25, -0.2) is 13.1 Å². The van der Waals surface area contributed by atoms with Crippen LogP contribution in [-0.2, 0) is 21.4 Å². The summed E-state index contributed by atoms with van der Waals surface area (Å²) in [7, 11) is -4.14. The molecule has 27 heavy (non-hydrogen) atoms. The summed E-state index contributed by atoms with van der Waals surface area (Å²) in [5.74, 6) is -0.728. The number of hydrogen-bond donors (Lipinski definition) is 2. The van der Waals surface area contributed by atoms with E-state index in [-0.39, 0.29) is 22.1 Å². The number of aromatic nitrogens is 2. The number of anilines is 1. The Labute approximate surface area is 156 Å². The minimum Gasteiger partial charge on any atom is -0.478 e. The van der Waals surface area contributed by atoms with Crippen LogP contribution in [0.4, 0.5) is 5.69 Å². The Kier molecular flexibility index (Phi) is 4.92. The highest BCUT2D eigenvalue weighted by Crippen LogP contribution is 2.32. The summed E-state index contributed by atoms with van der Waals surface area (Å²) in [6, 6.07) is 4.04. The van der Waals surface area contributed by atoms with E-state index >= 15 is 0 Å². The summed E-state index contributed by atoms with van der Waals surface area (Å²) in [6.07, 6.45) is 1.37. The topological polar surface area (TPSA) is 119 Å². The summed E-state index contributed by atoms with van der Waals surface area (Å²) >= 11 is 0. The molecule has 1 aromatic heterocycles. The molecule has 144 valence electrons. The van der Waals surface area contributed by atoms with Crippen LogP contribution < -0.4 is 14.8 Å². The minimum absolute atomic E-state index is 0.158. The van der Waals surface area contributed by atoms with Crippen molar-refractivity contribution in [3.8, 4) is 5.75 Å². The third-order valence-corrected chi connectivity index (χ3v) is 5.52. The lowest BCUT2D eigenvalue weighted by atomic mass is 10.2. The van der Waals surface area contributed by atoms with E-state index in [2.05, 4.69) is 10.4 Å². The number of fused-ring (bicyclic) bond motifs is 1. The highest BCUT2D eigenvalue weighted by Gasteiger charge is 2.28. The molecule has 1 aromatic carbocycles. The molecule has 0 saturated carbocycles. The third-order valence-electron chi connectivity index (χ3n) is 4.19. The number of amides is 2. The zero-order chi connectivity index (χ0) is 19.8. The quantitative estimate of drug-likeness (QED) is 0.795. The number of rotatable bonds is 5. The van der Waals surface area contributed by atoms with Gasteiger partial charge in [0.05, 0.1) is 21.8 Å². The number of hydrogen-bond acceptors (Lipinski definition) is 6. The van der Waals surface area contributed by atoms with Gasteiger partial charge >= 0.3 is 0 Å². The summed E-state index contributed by atoms with van der Waals surface area (Å²) in [6.45, 7) is 5.86. The van der Waals surface area contributed by atoms with Gasteiger partial charge in [0.2, 0.25) is 0 Å². The number of nitrogens with zero attached hydrogens (tertiary/aromatic N) is 2. The molecule has 9 nitrogen and oxygen atoms in total. The molecule has 1 unspecified atom stereocenters. The van der Waals surface area contributed by atoms with Crippen LogP contribution in [-0.4, -0.2) is 36.1 Å². The number of carbonyl (C=O) groups is 2. The molecule has 2 amide bonds. The maximum atomic E-state index is 12.6. The predicted molar refractivity (Wildman–Crippen MR) is 97.1 cm³/mol. The lowest BCUT2D eigenvalue weighted by molar-refractivity contribution is -0.123. The lowest BCUT2D eigenvalue weighted by Gasteiger charge is -2.25. The molecular weight excluding hydrogens is 372 g/mol. The lowest BCUT2D eigenvalue weighted by Crippen LogP contribution is -2.36. The average Bonchev–Trinajstić information content (AvgIpc) is 3.01. The Morgan fingerprint density at radius 1 is 1.37 bits per heavy atom. The first-order chi connectivity index (χ1) is 12.7. The van der Waals surface area contributed by atoms with E-state index < -0.39 is 22.0 Å². The average molecular weight is 392 g/mol. The predicted octanol–water partition coefficient (Wildman–Crippen LogP) is 1.44. The van der Waals surface area contributed by atoms with Gasteiger partial charge in [0, 0.05) is 12.7 Å². The molecule has 0 fully saturated rings. The van der Waals surface area contributed by atoms with Gasteiger partial charge in [0.1, 0.15) is 5.75 Å². The molecule has 1 atom stereocenters. The van der Waals surface area contributed by atoms with Crippen LogP contribution in [0.5, 0.6) is 5.75 Å². The second-order valence-electron chi connectivity index (χ2n) is 6.08. The van der Waals surface area contributed by atoms with E-state index in [0.717, 1.165) is 0 Å². The van der Waals surface area contributed by atoms with Crippen molar-refractivity contribution in [1.29, 1.82) is 0 Å². The highest BCUT2D eigenvalue weighted by atomic mass is 32.2. The van der Waals surface area contributed by atoms with Crippen LogP contribution in [0.2, 0.25) is 0 Å². The summed E-state index contributed by atoms with van der Waals surface area (Å²) in [5, 5.41) is 6.76. The fourth-order valence-corrected chi connectivity index (χ4v) is 3.70. The molecule has 3 rings (SSSR count). The zero-order valence-electron chi connectivity index (χ0n) is 15.1.